The third-order valence-corrected chi connectivity index (χ3v) is 2.59. The Hall–Kier alpha value is -1.30. The zero-order chi connectivity index (χ0) is 11.5. The molecular weight excluding hydrogens is 210 g/mol. The van der Waals surface area contributed by atoms with E-state index in [1.165, 1.54) is 0 Å². The summed E-state index contributed by atoms with van der Waals surface area (Å²) in [5.74, 6) is 1.16. The van der Waals surface area contributed by atoms with E-state index in [9.17, 15) is 0 Å². The van der Waals surface area contributed by atoms with Crippen molar-refractivity contribution >= 4 is 0 Å². The van der Waals surface area contributed by atoms with Gasteiger partial charge in [0, 0.05) is 6.54 Å². The van der Waals surface area contributed by atoms with Gasteiger partial charge in [-0.25, -0.2) is 0 Å². The van der Waals surface area contributed by atoms with Crippen molar-refractivity contribution in [2.45, 2.75) is 19.3 Å². The smallest absolute Gasteiger partial charge is 0.162 e. The number of benzene rings is 1. The van der Waals surface area contributed by atoms with E-state index < -0.39 is 0 Å². The maximum Gasteiger partial charge on any atom is 0.162 e. The summed E-state index contributed by atoms with van der Waals surface area (Å²) in [5, 5.41) is 18.3. The Morgan fingerprint density at radius 1 is 1.19 bits per heavy atom. The fraction of sp³-hybridized carbons (Fsp3) is 0.455. The number of aliphatic hydroxyl groups is 2. The van der Waals surface area contributed by atoms with Crippen molar-refractivity contribution in [1.29, 1.82) is 0 Å². The fourth-order valence-corrected chi connectivity index (χ4v) is 1.66. The van der Waals surface area contributed by atoms with Gasteiger partial charge in [-0.1, -0.05) is 0 Å². The molecule has 0 radical (unpaired) electrons. The lowest BCUT2D eigenvalue weighted by Gasteiger charge is -2.26. The Labute approximate surface area is 93.4 Å². The minimum Gasteiger partial charge on any atom is -0.486 e. The number of hydrogen-bond acceptors (Lipinski definition) is 5. The molecule has 0 aliphatic carbocycles. The third kappa shape index (κ3) is 1.97. The van der Waals surface area contributed by atoms with E-state index in [1.807, 2.05) is 0 Å². The van der Waals surface area contributed by atoms with Crippen LogP contribution in [0.4, 0.5) is 0 Å². The van der Waals surface area contributed by atoms with Gasteiger partial charge in [0.15, 0.2) is 11.5 Å². The van der Waals surface area contributed by atoms with Gasteiger partial charge in [-0.3, -0.25) is 0 Å². The van der Waals surface area contributed by atoms with Crippen LogP contribution < -0.4 is 15.2 Å². The first-order valence-corrected chi connectivity index (χ1v) is 5.15. The molecule has 1 atom stereocenters. The molecule has 0 fully saturated rings. The number of ether oxygens (including phenoxy) is 2. The first-order valence-electron chi connectivity index (χ1n) is 5.15. The number of hydrogen-bond donors (Lipinski definition) is 3. The highest BCUT2D eigenvalue weighted by atomic mass is 16.6. The van der Waals surface area contributed by atoms with Gasteiger partial charge in [0.1, 0.15) is 12.7 Å². The monoisotopic (exact) mass is 225 g/mol. The second-order valence-electron chi connectivity index (χ2n) is 3.67. The van der Waals surface area contributed by atoms with Gasteiger partial charge in [-0.05, 0) is 23.3 Å². The third-order valence-electron chi connectivity index (χ3n) is 2.59. The lowest BCUT2D eigenvalue weighted by Crippen LogP contribution is -2.35. The molecule has 0 amide bonds. The summed E-state index contributed by atoms with van der Waals surface area (Å²) in [6.07, 6.45) is -0.154. The number of fused-ring (bicyclic) bond motifs is 1. The van der Waals surface area contributed by atoms with Crippen LogP contribution >= 0.6 is 0 Å². The van der Waals surface area contributed by atoms with Crippen molar-refractivity contribution in [2.75, 3.05) is 13.2 Å². The molecule has 0 saturated heterocycles. The second kappa shape index (κ2) is 4.69. The lowest BCUT2D eigenvalue weighted by atomic mass is 10.1. The van der Waals surface area contributed by atoms with E-state index in [4.69, 9.17) is 25.4 Å². The van der Waals surface area contributed by atoms with Crippen molar-refractivity contribution in [3.8, 4) is 11.5 Å². The minimum absolute atomic E-state index is 0.132. The van der Waals surface area contributed by atoms with Gasteiger partial charge in [-0.15, -0.1) is 0 Å². The first kappa shape index (κ1) is 11.2. The molecule has 1 aliphatic rings. The predicted molar refractivity (Wildman–Crippen MR) is 57.3 cm³/mol. The average molecular weight is 225 g/mol. The van der Waals surface area contributed by atoms with Crippen LogP contribution in [0.15, 0.2) is 12.1 Å². The molecule has 0 unspecified atom stereocenters. The van der Waals surface area contributed by atoms with Crippen LogP contribution in [0.3, 0.4) is 0 Å². The van der Waals surface area contributed by atoms with Crippen LogP contribution in [0.5, 0.6) is 11.5 Å². The van der Waals surface area contributed by atoms with E-state index in [0.717, 1.165) is 0 Å². The molecule has 1 aliphatic heterocycles. The second-order valence-corrected chi connectivity index (χ2v) is 3.67. The molecule has 88 valence electrons. The Morgan fingerprint density at radius 2 is 1.81 bits per heavy atom. The SMILES string of the molecule is NC[C@H]1COc2cc(CO)c(CO)cc2O1. The van der Waals surface area contributed by atoms with Gasteiger partial charge in [0.2, 0.25) is 0 Å². The summed E-state index contributed by atoms with van der Waals surface area (Å²) in [6, 6.07) is 3.37. The molecule has 1 aromatic rings. The molecule has 5 heteroatoms. The largest absolute Gasteiger partial charge is 0.486 e. The summed E-state index contributed by atoms with van der Waals surface area (Å²) >= 11 is 0. The van der Waals surface area contributed by atoms with Crippen LogP contribution in [-0.2, 0) is 13.2 Å². The van der Waals surface area contributed by atoms with Crippen molar-refractivity contribution in [2.24, 2.45) is 5.73 Å². The minimum atomic E-state index is -0.154. The standard InChI is InChI=1S/C11H15NO4/c12-3-9-6-15-10-1-7(4-13)8(5-14)2-11(10)16-9/h1-2,9,13-14H,3-6,12H2/t9-/m0/s1. The summed E-state index contributed by atoms with van der Waals surface area (Å²) in [5.41, 5.74) is 6.78. The molecule has 2 rings (SSSR count). The highest BCUT2D eigenvalue weighted by molar-refractivity contribution is 5.48. The maximum atomic E-state index is 9.14. The molecule has 4 N–H and O–H groups in total. The van der Waals surface area contributed by atoms with Crippen molar-refractivity contribution in [1.82, 2.24) is 0 Å². The molecule has 1 aromatic carbocycles. The van der Waals surface area contributed by atoms with Crippen LogP contribution in [0.1, 0.15) is 11.1 Å². The van der Waals surface area contributed by atoms with E-state index >= 15 is 0 Å². The normalized spacial score (nSPS) is 18.6. The van der Waals surface area contributed by atoms with E-state index in [0.29, 0.717) is 35.8 Å². The van der Waals surface area contributed by atoms with Crippen LogP contribution in [0.25, 0.3) is 0 Å². The van der Waals surface area contributed by atoms with Gasteiger partial charge in [0.25, 0.3) is 0 Å². The summed E-state index contributed by atoms with van der Waals surface area (Å²) in [7, 11) is 0. The summed E-state index contributed by atoms with van der Waals surface area (Å²) in [6.45, 7) is 0.523. The summed E-state index contributed by atoms with van der Waals surface area (Å²) in [4.78, 5) is 0. The molecular formula is C11H15NO4. The number of rotatable bonds is 3. The predicted octanol–water partition coefficient (Wildman–Crippen LogP) is -0.230. The molecule has 0 aromatic heterocycles. The number of aliphatic hydroxyl groups excluding tert-OH is 2. The highest BCUT2D eigenvalue weighted by Crippen LogP contribution is 2.34. The topological polar surface area (TPSA) is 84.9 Å². The molecule has 0 saturated carbocycles. The summed E-state index contributed by atoms with van der Waals surface area (Å²) < 4.78 is 11.1. The fourth-order valence-electron chi connectivity index (χ4n) is 1.66. The van der Waals surface area contributed by atoms with Crippen LogP contribution in [0, 0.1) is 0 Å². The molecule has 0 bridgehead atoms. The zero-order valence-corrected chi connectivity index (χ0v) is 8.85. The Balaban J connectivity index is 2.34. The van der Waals surface area contributed by atoms with E-state index in [1.54, 1.807) is 12.1 Å². The quantitative estimate of drug-likeness (QED) is 0.661. The van der Waals surface area contributed by atoms with Gasteiger partial charge in [-0.2, -0.15) is 0 Å². The number of nitrogens with two attached hydrogens (primary N) is 1. The van der Waals surface area contributed by atoms with Gasteiger partial charge in [0.05, 0.1) is 13.2 Å². The highest BCUT2D eigenvalue weighted by Gasteiger charge is 2.21. The van der Waals surface area contributed by atoms with Crippen molar-refractivity contribution in [3.05, 3.63) is 23.3 Å². The van der Waals surface area contributed by atoms with Gasteiger partial charge < -0.3 is 25.4 Å². The van der Waals surface area contributed by atoms with Crippen molar-refractivity contribution in [3.63, 3.8) is 0 Å². The maximum absolute atomic E-state index is 9.14. The zero-order valence-electron chi connectivity index (χ0n) is 8.85. The molecule has 5 nitrogen and oxygen atoms in total. The Bertz CT molecular complexity index is 380. The molecule has 1 heterocycles. The Morgan fingerprint density at radius 3 is 2.38 bits per heavy atom. The van der Waals surface area contributed by atoms with E-state index in [-0.39, 0.29) is 19.3 Å². The lowest BCUT2D eigenvalue weighted by molar-refractivity contribution is 0.0960. The van der Waals surface area contributed by atoms with E-state index in [2.05, 4.69) is 0 Å². The molecule has 16 heavy (non-hydrogen) atoms. The first-order chi connectivity index (χ1) is 7.78. The Kier molecular flexibility index (Phi) is 3.28. The van der Waals surface area contributed by atoms with Crippen LogP contribution in [0.2, 0.25) is 0 Å². The van der Waals surface area contributed by atoms with Gasteiger partial charge >= 0.3 is 0 Å². The average Bonchev–Trinajstić information content (AvgIpc) is 2.36. The van der Waals surface area contributed by atoms with Crippen molar-refractivity contribution < 1.29 is 19.7 Å². The molecule has 0 spiro atoms. The van der Waals surface area contributed by atoms with Crippen LogP contribution in [-0.4, -0.2) is 29.5 Å².